The number of carbonyl (C=O) groups is 2. The number of carbonyl (C=O) groups excluding carboxylic acids is 2. The van der Waals surface area contributed by atoms with E-state index in [4.69, 9.17) is 0 Å². The number of anilines is 1. The summed E-state index contributed by atoms with van der Waals surface area (Å²) in [6.45, 7) is 5.32. The van der Waals surface area contributed by atoms with Gasteiger partial charge >= 0.3 is 0 Å². The smallest absolute Gasteiger partial charge is 0.254 e. The van der Waals surface area contributed by atoms with Crippen LogP contribution in [0.25, 0.3) is 0 Å². The summed E-state index contributed by atoms with van der Waals surface area (Å²) >= 11 is 0. The van der Waals surface area contributed by atoms with E-state index >= 15 is 0 Å². The molecule has 0 aliphatic carbocycles. The number of hydrogen-bond donors (Lipinski definition) is 1. The predicted octanol–water partition coefficient (Wildman–Crippen LogP) is 5.94. The van der Waals surface area contributed by atoms with Crippen LogP contribution in [0.2, 0.25) is 0 Å². The molecule has 2 amide bonds. The Morgan fingerprint density at radius 3 is 2.51 bits per heavy atom. The summed E-state index contributed by atoms with van der Waals surface area (Å²) in [7, 11) is 1.81. The van der Waals surface area contributed by atoms with Gasteiger partial charge in [-0.15, -0.1) is 0 Å². The van der Waals surface area contributed by atoms with Crippen LogP contribution in [0.3, 0.4) is 0 Å². The van der Waals surface area contributed by atoms with Crippen LogP contribution in [0.1, 0.15) is 65.2 Å². The first-order valence-corrected chi connectivity index (χ1v) is 13.1. The fraction of sp³-hybridized carbons (Fsp3) is 0.323. The van der Waals surface area contributed by atoms with Gasteiger partial charge in [-0.3, -0.25) is 19.5 Å². The molecule has 0 spiro atoms. The lowest BCUT2D eigenvalue weighted by Gasteiger charge is -2.26. The predicted molar refractivity (Wildman–Crippen MR) is 148 cm³/mol. The lowest BCUT2D eigenvalue weighted by Crippen LogP contribution is -2.29. The third-order valence-electron chi connectivity index (χ3n) is 7.52. The lowest BCUT2D eigenvalue weighted by atomic mass is 9.98. The highest BCUT2D eigenvalue weighted by Gasteiger charge is 2.30. The van der Waals surface area contributed by atoms with Gasteiger partial charge in [0.1, 0.15) is 5.92 Å². The molecule has 1 unspecified atom stereocenters. The van der Waals surface area contributed by atoms with Gasteiger partial charge in [-0.2, -0.15) is 0 Å². The molecule has 190 valence electrons. The number of amides is 2. The highest BCUT2D eigenvalue weighted by molar-refractivity contribution is 6.13. The van der Waals surface area contributed by atoms with Gasteiger partial charge in [0.2, 0.25) is 5.91 Å². The average molecular weight is 495 g/mol. The lowest BCUT2D eigenvalue weighted by molar-refractivity contribution is -0.115. The highest BCUT2D eigenvalue weighted by atomic mass is 16.2. The van der Waals surface area contributed by atoms with Gasteiger partial charge < -0.3 is 10.2 Å². The molecule has 2 aliphatic rings. The van der Waals surface area contributed by atoms with E-state index in [1.807, 2.05) is 68.6 Å². The Kier molecular flexibility index (Phi) is 7.47. The Hall–Kier alpha value is -3.77. The number of likely N-dealkylation sites (tertiary alicyclic amines) is 1. The number of nitrogens with zero attached hydrogens (tertiary/aromatic N) is 3. The summed E-state index contributed by atoms with van der Waals surface area (Å²) in [6.07, 6.45) is 5.58. The maximum Gasteiger partial charge on any atom is 0.254 e. The van der Waals surface area contributed by atoms with Crippen molar-refractivity contribution in [2.24, 2.45) is 4.99 Å². The van der Waals surface area contributed by atoms with E-state index < -0.39 is 5.92 Å². The quantitative estimate of drug-likeness (QED) is 0.413. The summed E-state index contributed by atoms with van der Waals surface area (Å²) in [5, 5.41) is 2.92. The van der Waals surface area contributed by atoms with Crippen LogP contribution in [0, 0.1) is 0 Å². The topological polar surface area (TPSA) is 65.0 Å². The largest absolute Gasteiger partial charge is 0.335 e. The van der Waals surface area contributed by atoms with E-state index in [9.17, 15) is 9.59 Å². The standard InChI is InChI=1S/C31H34N4O2/c1-22(24-9-5-3-6-10-24)34(2)31(37)25-13-16-29-27(19-25)28(30(36)33-29)20-32-26-14-11-23(12-15-26)21-35-17-7-4-8-18-35/h3,5-6,9-16,19-20,22,28H,4,7-8,17-18,21H2,1-2H3,(H,33,36)/t22-,28?/m0/s1. The van der Waals surface area contributed by atoms with E-state index in [-0.39, 0.29) is 17.9 Å². The summed E-state index contributed by atoms with van der Waals surface area (Å²) in [4.78, 5) is 34.9. The molecule has 0 saturated carbocycles. The molecule has 1 N–H and O–H groups in total. The van der Waals surface area contributed by atoms with Gasteiger partial charge in [0, 0.05) is 31.1 Å². The van der Waals surface area contributed by atoms with Crippen LogP contribution in [0.4, 0.5) is 11.4 Å². The van der Waals surface area contributed by atoms with E-state index in [0.717, 1.165) is 29.0 Å². The van der Waals surface area contributed by atoms with Crippen LogP contribution in [0.15, 0.2) is 77.8 Å². The minimum absolute atomic E-state index is 0.0723. The number of rotatable bonds is 7. The summed E-state index contributed by atoms with van der Waals surface area (Å²) in [6, 6.07) is 23.5. The Labute approximate surface area is 219 Å². The van der Waals surface area contributed by atoms with Crippen molar-refractivity contribution in [2.45, 2.75) is 44.7 Å². The van der Waals surface area contributed by atoms with Crippen molar-refractivity contribution < 1.29 is 9.59 Å². The van der Waals surface area contributed by atoms with E-state index in [0.29, 0.717) is 5.56 Å². The van der Waals surface area contributed by atoms with Crippen molar-refractivity contribution in [3.05, 3.63) is 95.1 Å². The van der Waals surface area contributed by atoms with Gasteiger partial charge in [0.15, 0.2) is 0 Å². The molecule has 0 bridgehead atoms. The zero-order chi connectivity index (χ0) is 25.8. The fourth-order valence-electron chi connectivity index (χ4n) is 5.13. The van der Waals surface area contributed by atoms with Gasteiger partial charge in [0.05, 0.1) is 11.7 Å². The van der Waals surface area contributed by atoms with Gasteiger partial charge in [-0.25, -0.2) is 0 Å². The fourth-order valence-corrected chi connectivity index (χ4v) is 5.13. The highest BCUT2D eigenvalue weighted by Crippen LogP contribution is 2.33. The minimum Gasteiger partial charge on any atom is -0.335 e. The first-order chi connectivity index (χ1) is 18.0. The zero-order valence-corrected chi connectivity index (χ0v) is 21.6. The van der Waals surface area contributed by atoms with Crippen LogP contribution in [-0.2, 0) is 11.3 Å². The summed E-state index contributed by atoms with van der Waals surface area (Å²) < 4.78 is 0. The van der Waals surface area contributed by atoms with Crippen LogP contribution in [0.5, 0.6) is 0 Å². The Morgan fingerprint density at radius 2 is 1.78 bits per heavy atom. The molecule has 2 heterocycles. The molecule has 2 aliphatic heterocycles. The van der Waals surface area contributed by atoms with Crippen molar-refractivity contribution >= 4 is 29.4 Å². The number of nitrogens with one attached hydrogen (secondary N) is 1. The molecular formula is C31H34N4O2. The second-order valence-electron chi connectivity index (χ2n) is 10.1. The maximum atomic E-state index is 13.3. The van der Waals surface area contributed by atoms with Crippen molar-refractivity contribution in [1.82, 2.24) is 9.80 Å². The number of hydrogen-bond acceptors (Lipinski definition) is 4. The normalized spacial score (nSPS) is 18.4. The van der Waals surface area contributed by atoms with Crippen molar-refractivity contribution in [2.75, 3.05) is 25.5 Å². The van der Waals surface area contributed by atoms with Crippen molar-refractivity contribution in [3.63, 3.8) is 0 Å². The molecule has 1 fully saturated rings. The summed E-state index contributed by atoms with van der Waals surface area (Å²) in [5.74, 6) is -0.748. The Balaban J connectivity index is 1.29. The number of benzene rings is 3. The molecule has 6 heteroatoms. The van der Waals surface area contributed by atoms with Crippen molar-refractivity contribution in [1.29, 1.82) is 0 Å². The molecule has 5 rings (SSSR count). The molecule has 0 radical (unpaired) electrons. The molecule has 0 aromatic heterocycles. The van der Waals surface area contributed by atoms with Crippen LogP contribution < -0.4 is 5.32 Å². The second-order valence-corrected chi connectivity index (χ2v) is 10.1. The molecule has 6 nitrogen and oxygen atoms in total. The molecule has 3 aromatic rings. The summed E-state index contributed by atoms with van der Waals surface area (Å²) in [5.41, 5.74) is 5.23. The molecule has 3 aromatic carbocycles. The number of piperidine rings is 1. The minimum atomic E-state index is -0.535. The zero-order valence-electron chi connectivity index (χ0n) is 21.6. The van der Waals surface area contributed by atoms with E-state index in [1.54, 1.807) is 17.2 Å². The van der Waals surface area contributed by atoms with E-state index in [1.165, 1.54) is 37.9 Å². The molecular weight excluding hydrogens is 460 g/mol. The number of fused-ring (bicyclic) bond motifs is 1. The average Bonchev–Trinajstić information content (AvgIpc) is 3.26. The SMILES string of the molecule is C[C@@H](c1ccccc1)N(C)C(=O)c1ccc2c(c1)C(C=Nc1ccc(CN3CCCCC3)cc1)C(=O)N2. The number of aliphatic imine (C=N–C) groups is 1. The first kappa shape index (κ1) is 24.9. The monoisotopic (exact) mass is 494 g/mol. The van der Waals surface area contributed by atoms with Gasteiger partial charge in [0.25, 0.3) is 5.91 Å². The third kappa shape index (κ3) is 5.65. The van der Waals surface area contributed by atoms with Gasteiger partial charge in [-0.1, -0.05) is 48.9 Å². The Bertz CT molecular complexity index is 1280. The van der Waals surface area contributed by atoms with Crippen LogP contribution in [-0.4, -0.2) is 48.0 Å². The van der Waals surface area contributed by atoms with E-state index in [2.05, 4.69) is 27.3 Å². The first-order valence-electron chi connectivity index (χ1n) is 13.1. The van der Waals surface area contributed by atoms with Gasteiger partial charge in [-0.05, 0) is 79.9 Å². The van der Waals surface area contributed by atoms with Crippen LogP contribution >= 0.6 is 0 Å². The molecule has 1 saturated heterocycles. The second kappa shape index (κ2) is 11.1. The van der Waals surface area contributed by atoms with Crippen molar-refractivity contribution in [3.8, 4) is 0 Å². The maximum absolute atomic E-state index is 13.3. The molecule has 37 heavy (non-hydrogen) atoms. The molecule has 2 atom stereocenters. The third-order valence-corrected chi connectivity index (χ3v) is 7.52. The Morgan fingerprint density at radius 1 is 1.05 bits per heavy atom.